The maximum Gasteiger partial charge on any atom is 0.251 e. The van der Waals surface area contributed by atoms with Gasteiger partial charge in [0.25, 0.3) is 5.91 Å². The normalized spacial score (nSPS) is 21.6. The third-order valence-electron chi connectivity index (χ3n) is 6.08. The predicted octanol–water partition coefficient (Wildman–Crippen LogP) is 2.69. The van der Waals surface area contributed by atoms with Gasteiger partial charge in [-0.15, -0.1) is 0 Å². The van der Waals surface area contributed by atoms with Crippen LogP contribution < -0.4 is 10.1 Å². The lowest BCUT2D eigenvalue weighted by Crippen LogP contribution is -2.39. The zero-order valence-corrected chi connectivity index (χ0v) is 18.5. The molecule has 0 spiro atoms. The molecule has 2 heterocycles. The van der Waals surface area contributed by atoms with Gasteiger partial charge in [-0.2, -0.15) is 0 Å². The fraction of sp³-hybridized carbons (Fsp3) is 0.458. The number of hydrogen-bond donors (Lipinski definition) is 1. The molecule has 166 valence electrons. The van der Waals surface area contributed by atoms with Crippen molar-refractivity contribution in [3.05, 3.63) is 65.7 Å². The topological polar surface area (TPSA) is 75.7 Å². The van der Waals surface area contributed by atoms with E-state index in [2.05, 4.69) is 34.5 Å². The van der Waals surface area contributed by atoms with Crippen molar-refractivity contribution in [1.29, 1.82) is 0 Å². The van der Waals surface area contributed by atoms with Crippen LogP contribution in [-0.2, 0) is 16.3 Å². The van der Waals surface area contributed by atoms with Crippen LogP contribution in [0.2, 0.25) is 0 Å². The second-order valence-corrected chi connectivity index (χ2v) is 10.7. The number of sulfone groups is 1. The average molecular weight is 443 g/mol. The zero-order valence-electron chi connectivity index (χ0n) is 17.7. The summed E-state index contributed by atoms with van der Waals surface area (Å²) in [7, 11) is -3.01. The van der Waals surface area contributed by atoms with Gasteiger partial charge in [-0.3, -0.25) is 4.79 Å². The van der Waals surface area contributed by atoms with E-state index in [1.54, 1.807) is 12.1 Å². The number of benzene rings is 2. The molecule has 2 aliphatic heterocycles. The van der Waals surface area contributed by atoms with E-state index in [9.17, 15) is 13.2 Å². The molecule has 31 heavy (non-hydrogen) atoms. The molecule has 2 aliphatic rings. The number of piperidine rings is 1. The Morgan fingerprint density at radius 3 is 2.35 bits per heavy atom. The van der Waals surface area contributed by atoms with Gasteiger partial charge in [0, 0.05) is 31.2 Å². The van der Waals surface area contributed by atoms with E-state index in [0.29, 0.717) is 12.0 Å². The van der Waals surface area contributed by atoms with Crippen LogP contribution in [0.3, 0.4) is 0 Å². The molecule has 1 unspecified atom stereocenters. The molecule has 0 bridgehead atoms. The number of nitrogens with zero attached hydrogens (tertiary/aromatic N) is 1. The number of carbonyl (C=O) groups is 1. The van der Waals surface area contributed by atoms with E-state index in [1.165, 1.54) is 5.56 Å². The number of nitrogens with one attached hydrogen (secondary N) is 1. The fourth-order valence-corrected chi connectivity index (χ4v) is 5.91. The monoisotopic (exact) mass is 442 g/mol. The highest BCUT2D eigenvalue weighted by molar-refractivity contribution is 7.91. The largest absolute Gasteiger partial charge is 0.490 e. The Balaban J connectivity index is 1.20. The Bertz CT molecular complexity index is 968. The first kappa shape index (κ1) is 21.8. The number of rotatable bonds is 7. The van der Waals surface area contributed by atoms with E-state index in [0.717, 1.165) is 44.6 Å². The number of likely N-dealkylation sites (tertiary alicyclic amines) is 1. The average Bonchev–Trinajstić information content (AvgIpc) is 3.12. The molecule has 1 amide bonds. The summed E-state index contributed by atoms with van der Waals surface area (Å²) in [5, 5.41) is 2.82. The molecule has 1 N–H and O–H groups in total. The fourth-order valence-electron chi connectivity index (χ4n) is 4.24. The van der Waals surface area contributed by atoms with Crippen molar-refractivity contribution < 1.29 is 17.9 Å². The molecule has 0 radical (unpaired) electrons. The van der Waals surface area contributed by atoms with Crippen LogP contribution in [0.4, 0.5) is 0 Å². The SMILES string of the molecule is O=C(NC1CCS(=O)(=O)C1)c1ccc(OC2CCN(CCc3ccccc3)CC2)cc1. The quantitative estimate of drug-likeness (QED) is 0.714. The Labute approximate surface area is 184 Å². The summed E-state index contributed by atoms with van der Waals surface area (Å²) in [6, 6.07) is 17.4. The first-order chi connectivity index (χ1) is 15.0. The maximum atomic E-state index is 12.4. The first-order valence-corrected chi connectivity index (χ1v) is 12.8. The summed E-state index contributed by atoms with van der Waals surface area (Å²) in [4.78, 5) is 14.9. The lowest BCUT2D eigenvalue weighted by Gasteiger charge is -2.32. The van der Waals surface area contributed by atoms with Gasteiger partial charge in [0.15, 0.2) is 9.84 Å². The van der Waals surface area contributed by atoms with E-state index in [4.69, 9.17) is 4.74 Å². The molecular weight excluding hydrogens is 412 g/mol. The molecular formula is C24H30N2O4S. The number of carbonyl (C=O) groups excluding carboxylic acids is 1. The van der Waals surface area contributed by atoms with Gasteiger partial charge in [0.05, 0.1) is 11.5 Å². The van der Waals surface area contributed by atoms with Gasteiger partial charge in [-0.1, -0.05) is 30.3 Å². The molecule has 7 heteroatoms. The molecule has 4 rings (SSSR count). The standard InChI is InChI=1S/C24H30N2O4S/c27-24(25-21-13-17-31(28,29)18-21)20-6-8-22(9-7-20)30-23-11-15-26(16-12-23)14-10-19-4-2-1-3-5-19/h1-9,21,23H,10-18H2,(H,25,27). The maximum absolute atomic E-state index is 12.4. The molecule has 2 aromatic rings. The van der Waals surface area contributed by atoms with E-state index in [1.807, 2.05) is 18.2 Å². The van der Waals surface area contributed by atoms with Crippen molar-refractivity contribution in [2.75, 3.05) is 31.1 Å². The van der Waals surface area contributed by atoms with E-state index < -0.39 is 9.84 Å². The molecule has 0 saturated carbocycles. The Morgan fingerprint density at radius 1 is 1.00 bits per heavy atom. The third-order valence-corrected chi connectivity index (χ3v) is 7.85. The molecule has 2 saturated heterocycles. The van der Waals surface area contributed by atoms with Crippen molar-refractivity contribution in [2.24, 2.45) is 0 Å². The van der Waals surface area contributed by atoms with Crippen molar-refractivity contribution >= 4 is 15.7 Å². The summed E-state index contributed by atoms with van der Waals surface area (Å²) < 4.78 is 29.2. The minimum absolute atomic E-state index is 0.0317. The van der Waals surface area contributed by atoms with E-state index in [-0.39, 0.29) is 29.6 Å². The summed E-state index contributed by atoms with van der Waals surface area (Å²) in [6.07, 6.45) is 3.74. The molecule has 1 atom stereocenters. The van der Waals surface area contributed by atoms with Crippen LogP contribution in [0.5, 0.6) is 5.75 Å². The highest BCUT2D eigenvalue weighted by Gasteiger charge is 2.29. The summed E-state index contributed by atoms with van der Waals surface area (Å²) in [5.41, 5.74) is 1.90. The third kappa shape index (κ3) is 6.31. The highest BCUT2D eigenvalue weighted by Crippen LogP contribution is 2.20. The van der Waals surface area contributed by atoms with Crippen LogP contribution in [-0.4, -0.2) is 62.5 Å². The molecule has 6 nitrogen and oxygen atoms in total. The van der Waals surface area contributed by atoms with Crippen LogP contribution in [0.25, 0.3) is 0 Å². The van der Waals surface area contributed by atoms with Gasteiger partial charge in [0.2, 0.25) is 0 Å². The number of hydrogen-bond acceptors (Lipinski definition) is 5. The number of amides is 1. The molecule has 2 fully saturated rings. The summed E-state index contributed by atoms with van der Waals surface area (Å²) >= 11 is 0. The Hall–Kier alpha value is -2.38. The van der Waals surface area contributed by atoms with Gasteiger partial charge in [0.1, 0.15) is 11.9 Å². The van der Waals surface area contributed by atoms with Crippen molar-refractivity contribution in [3.63, 3.8) is 0 Å². The van der Waals surface area contributed by atoms with Crippen molar-refractivity contribution in [3.8, 4) is 5.75 Å². The van der Waals surface area contributed by atoms with Crippen LogP contribution in [0.1, 0.15) is 35.2 Å². The minimum atomic E-state index is -3.01. The first-order valence-electron chi connectivity index (χ1n) is 11.0. The lowest BCUT2D eigenvalue weighted by atomic mass is 10.1. The van der Waals surface area contributed by atoms with Gasteiger partial charge >= 0.3 is 0 Å². The second kappa shape index (κ2) is 9.83. The number of ether oxygens (including phenoxy) is 1. The van der Waals surface area contributed by atoms with Gasteiger partial charge in [-0.25, -0.2) is 8.42 Å². The van der Waals surface area contributed by atoms with Crippen LogP contribution in [0.15, 0.2) is 54.6 Å². The second-order valence-electron chi connectivity index (χ2n) is 8.49. The van der Waals surface area contributed by atoms with Crippen LogP contribution >= 0.6 is 0 Å². The van der Waals surface area contributed by atoms with Crippen LogP contribution in [0, 0.1) is 0 Å². The lowest BCUT2D eigenvalue weighted by molar-refractivity contribution is 0.0940. The minimum Gasteiger partial charge on any atom is -0.490 e. The highest BCUT2D eigenvalue weighted by atomic mass is 32.2. The van der Waals surface area contributed by atoms with Gasteiger partial charge < -0.3 is 15.0 Å². The zero-order chi connectivity index (χ0) is 21.7. The summed E-state index contributed by atoms with van der Waals surface area (Å²) in [6.45, 7) is 3.13. The Morgan fingerprint density at radius 2 is 1.71 bits per heavy atom. The molecule has 2 aromatic carbocycles. The molecule has 0 aromatic heterocycles. The predicted molar refractivity (Wildman–Crippen MR) is 121 cm³/mol. The summed E-state index contributed by atoms with van der Waals surface area (Å²) in [5.74, 6) is 0.711. The van der Waals surface area contributed by atoms with E-state index >= 15 is 0 Å². The van der Waals surface area contributed by atoms with Crippen molar-refractivity contribution in [2.45, 2.75) is 37.8 Å². The smallest absolute Gasteiger partial charge is 0.251 e. The van der Waals surface area contributed by atoms with Crippen molar-refractivity contribution in [1.82, 2.24) is 10.2 Å². The Kier molecular flexibility index (Phi) is 6.92. The molecule has 0 aliphatic carbocycles. The van der Waals surface area contributed by atoms with Gasteiger partial charge in [-0.05, 0) is 55.5 Å².